The summed E-state index contributed by atoms with van der Waals surface area (Å²) in [7, 11) is 1.75. The number of carbonyl (C=O) groups is 1. The van der Waals surface area contributed by atoms with E-state index in [2.05, 4.69) is 10.1 Å². The molecule has 0 saturated carbocycles. The third-order valence-electron chi connectivity index (χ3n) is 4.22. The molecule has 7 nitrogen and oxygen atoms in total. The zero-order valence-electron chi connectivity index (χ0n) is 13.1. The smallest absolute Gasteiger partial charge is 0.298 e. The molecule has 2 aromatic heterocycles. The summed E-state index contributed by atoms with van der Waals surface area (Å²) in [6, 6.07) is 6.46. The number of fused-ring (bicyclic) bond motifs is 1. The molecule has 0 aliphatic carbocycles. The number of benzene rings is 1. The monoisotopic (exact) mass is 329 g/mol. The lowest BCUT2D eigenvalue weighted by molar-refractivity contribution is 0.0734. The van der Waals surface area contributed by atoms with Crippen molar-refractivity contribution in [2.75, 3.05) is 31.1 Å². The minimum absolute atomic E-state index is 0.0331. The van der Waals surface area contributed by atoms with E-state index in [9.17, 15) is 9.18 Å². The molecule has 0 N–H and O–H groups in total. The van der Waals surface area contributed by atoms with Crippen LogP contribution in [0.2, 0.25) is 0 Å². The van der Waals surface area contributed by atoms with Crippen LogP contribution in [0.3, 0.4) is 0 Å². The average Bonchev–Trinajstić information content (AvgIpc) is 3.20. The molecule has 1 aliphatic heterocycles. The molecule has 0 radical (unpaired) electrons. The van der Waals surface area contributed by atoms with Gasteiger partial charge in [0.1, 0.15) is 17.0 Å². The van der Waals surface area contributed by atoms with Gasteiger partial charge in [0.2, 0.25) is 0 Å². The maximum absolute atomic E-state index is 13.2. The zero-order chi connectivity index (χ0) is 16.7. The number of nitrogens with zero attached hydrogens (tertiary/aromatic N) is 5. The van der Waals surface area contributed by atoms with Gasteiger partial charge in [0, 0.05) is 45.5 Å². The van der Waals surface area contributed by atoms with Gasteiger partial charge in [-0.15, -0.1) is 0 Å². The number of halogens is 1. The fraction of sp³-hybridized carbons (Fsp3) is 0.312. The summed E-state index contributed by atoms with van der Waals surface area (Å²) in [4.78, 5) is 20.6. The third-order valence-corrected chi connectivity index (χ3v) is 4.22. The van der Waals surface area contributed by atoms with Crippen molar-refractivity contribution in [1.29, 1.82) is 0 Å². The van der Waals surface area contributed by atoms with E-state index in [1.165, 1.54) is 12.1 Å². The van der Waals surface area contributed by atoms with Gasteiger partial charge in [0.05, 0.1) is 0 Å². The van der Waals surface area contributed by atoms with Crippen molar-refractivity contribution in [2.24, 2.45) is 7.05 Å². The van der Waals surface area contributed by atoms with E-state index in [1.54, 1.807) is 35.0 Å². The van der Waals surface area contributed by atoms with Crippen LogP contribution in [-0.4, -0.2) is 51.8 Å². The topological polar surface area (TPSA) is 67.4 Å². The fourth-order valence-electron chi connectivity index (χ4n) is 2.87. The molecule has 1 saturated heterocycles. The second kappa shape index (κ2) is 5.63. The van der Waals surface area contributed by atoms with E-state index in [-0.39, 0.29) is 11.7 Å². The highest BCUT2D eigenvalue weighted by Crippen LogP contribution is 2.23. The van der Waals surface area contributed by atoms with E-state index >= 15 is 0 Å². The molecular formula is C16H16FN5O2. The van der Waals surface area contributed by atoms with Gasteiger partial charge in [0.15, 0.2) is 5.58 Å². The Morgan fingerprint density at radius 3 is 2.71 bits per heavy atom. The summed E-state index contributed by atoms with van der Waals surface area (Å²) in [6.07, 6.45) is 1.61. The van der Waals surface area contributed by atoms with Gasteiger partial charge in [-0.05, 0) is 18.2 Å². The van der Waals surface area contributed by atoms with Gasteiger partial charge < -0.3 is 14.2 Å². The molecule has 4 rings (SSSR count). The van der Waals surface area contributed by atoms with Crippen molar-refractivity contribution in [2.45, 2.75) is 0 Å². The maximum Gasteiger partial charge on any atom is 0.298 e. The predicted molar refractivity (Wildman–Crippen MR) is 85.3 cm³/mol. The summed E-state index contributed by atoms with van der Waals surface area (Å²) in [6.45, 7) is 2.35. The van der Waals surface area contributed by atoms with Gasteiger partial charge >= 0.3 is 0 Å². The zero-order valence-corrected chi connectivity index (χ0v) is 13.1. The van der Waals surface area contributed by atoms with E-state index in [4.69, 9.17) is 4.42 Å². The molecule has 0 bridgehead atoms. The van der Waals surface area contributed by atoms with Crippen LogP contribution < -0.4 is 4.90 Å². The summed E-state index contributed by atoms with van der Waals surface area (Å²) >= 11 is 0. The number of amides is 1. The number of aromatic nitrogens is 3. The summed E-state index contributed by atoms with van der Waals surface area (Å²) in [5.41, 5.74) is 1.62. The number of aryl methyl sites for hydroxylation is 1. The molecule has 8 heteroatoms. The Labute approximate surface area is 137 Å². The Morgan fingerprint density at radius 2 is 2.00 bits per heavy atom. The first kappa shape index (κ1) is 14.7. The van der Waals surface area contributed by atoms with Gasteiger partial charge in [-0.2, -0.15) is 10.1 Å². The van der Waals surface area contributed by atoms with Crippen molar-refractivity contribution < 1.29 is 13.6 Å². The number of anilines is 1. The normalized spacial score (nSPS) is 15.2. The SMILES string of the molecule is Cn1nccc1C(=O)N1CCN(c2nc3ccc(F)cc3o2)CC1. The Bertz CT molecular complexity index is 895. The highest BCUT2D eigenvalue weighted by Gasteiger charge is 2.26. The molecule has 1 aromatic carbocycles. The largest absolute Gasteiger partial charge is 0.423 e. The van der Waals surface area contributed by atoms with E-state index < -0.39 is 0 Å². The first-order valence-electron chi connectivity index (χ1n) is 7.70. The Balaban J connectivity index is 1.47. The van der Waals surface area contributed by atoms with Gasteiger partial charge in [0.25, 0.3) is 11.9 Å². The molecule has 1 amide bonds. The van der Waals surface area contributed by atoms with Crippen molar-refractivity contribution in [3.05, 3.63) is 42.0 Å². The lowest BCUT2D eigenvalue weighted by Gasteiger charge is -2.33. The van der Waals surface area contributed by atoms with Crippen molar-refractivity contribution in [3.63, 3.8) is 0 Å². The van der Waals surface area contributed by atoms with Crippen LogP contribution in [0.5, 0.6) is 0 Å². The van der Waals surface area contributed by atoms with Crippen LogP contribution in [0.15, 0.2) is 34.9 Å². The number of rotatable bonds is 2. The van der Waals surface area contributed by atoms with Crippen LogP contribution in [0.4, 0.5) is 10.4 Å². The molecule has 1 fully saturated rings. The Morgan fingerprint density at radius 1 is 1.21 bits per heavy atom. The lowest BCUT2D eigenvalue weighted by atomic mass is 10.3. The van der Waals surface area contributed by atoms with Crippen LogP contribution in [0, 0.1) is 5.82 Å². The van der Waals surface area contributed by atoms with Crippen LogP contribution >= 0.6 is 0 Å². The molecule has 124 valence electrons. The molecule has 3 heterocycles. The Hall–Kier alpha value is -2.90. The number of oxazole rings is 1. The molecule has 1 aliphatic rings. The summed E-state index contributed by atoms with van der Waals surface area (Å²) in [5, 5.41) is 4.03. The molecule has 24 heavy (non-hydrogen) atoms. The van der Waals surface area contributed by atoms with Crippen molar-refractivity contribution in [3.8, 4) is 0 Å². The van der Waals surface area contributed by atoms with E-state index in [0.29, 0.717) is 49.0 Å². The quantitative estimate of drug-likeness (QED) is 0.715. The predicted octanol–water partition coefficient (Wildman–Crippen LogP) is 1.66. The molecule has 0 unspecified atom stereocenters. The fourth-order valence-corrected chi connectivity index (χ4v) is 2.87. The molecule has 0 spiro atoms. The van der Waals surface area contributed by atoms with E-state index in [0.717, 1.165) is 0 Å². The Kier molecular flexibility index (Phi) is 3.44. The van der Waals surface area contributed by atoms with Gasteiger partial charge in [-0.1, -0.05) is 0 Å². The molecule has 0 atom stereocenters. The molecule has 3 aromatic rings. The highest BCUT2D eigenvalue weighted by atomic mass is 19.1. The maximum atomic E-state index is 13.2. The first-order chi connectivity index (χ1) is 11.6. The summed E-state index contributed by atoms with van der Waals surface area (Å²) < 4.78 is 20.4. The highest BCUT2D eigenvalue weighted by molar-refractivity contribution is 5.92. The van der Waals surface area contributed by atoms with Crippen molar-refractivity contribution >= 4 is 23.0 Å². The van der Waals surface area contributed by atoms with Gasteiger partial charge in [-0.3, -0.25) is 9.48 Å². The van der Waals surface area contributed by atoms with Crippen LogP contribution in [0.25, 0.3) is 11.1 Å². The third kappa shape index (κ3) is 2.49. The first-order valence-corrected chi connectivity index (χ1v) is 7.70. The van der Waals surface area contributed by atoms with Gasteiger partial charge in [-0.25, -0.2) is 4.39 Å². The number of hydrogen-bond donors (Lipinski definition) is 0. The summed E-state index contributed by atoms with van der Waals surface area (Å²) in [5.74, 6) is -0.383. The molecular weight excluding hydrogens is 313 g/mol. The minimum Gasteiger partial charge on any atom is -0.423 e. The van der Waals surface area contributed by atoms with E-state index in [1.807, 2.05) is 4.90 Å². The number of carbonyl (C=O) groups excluding carboxylic acids is 1. The number of piperazine rings is 1. The van der Waals surface area contributed by atoms with Crippen LogP contribution in [0.1, 0.15) is 10.5 Å². The van der Waals surface area contributed by atoms with Crippen molar-refractivity contribution in [1.82, 2.24) is 19.7 Å². The average molecular weight is 329 g/mol. The standard InChI is InChI=1S/C16H16FN5O2/c1-20-13(4-5-18-20)15(23)21-6-8-22(9-7-21)16-19-12-3-2-11(17)10-14(12)24-16/h2-5,10H,6-9H2,1H3. The van der Waals surface area contributed by atoms with Crippen LogP contribution in [-0.2, 0) is 7.05 Å². The lowest BCUT2D eigenvalue weighted by Crippen LogP contribution is -2.49. The second-order valence-corrected chi connectivity index (χ2v) is 5.73. The second-order valence-electron chi connectivity index (χ2n) is 5.73. The number of hydrogen-bond acceptors (Lipinski definition) is 5. The minimum atomic E-state index is -0.350.